The van der Waals surface area contributed by atoms with Crippen LogP contribution in [0.15, 0.2) is 18.3 Å². The van der Waals surface area contributed by atoms with Crippen LogP contribution in [0.4, 0.5) is 0 Å². The third kappa shape index (κ3) is 2.80. The Morgan fingerprint density at radius 3 is 3.15 bits per heavy atom. The third-order valence-electron chi connectivity index (χ3n) is 3.56. The Morgan fingerprint density at radius 2 is 2.25 bits per heavy atom. The second-order valence-electron chi connectivity index (χ2n) is 4.95. The lowest BCUT2D eigenvalue weighted by molar-refractivity contribution is 0.397. The summed E-state index contributed by atoms with van der Waals surface area (Å²) in [6.07, 6.45) is 5.26. The number of nitrogens with zero attached hydrogens (tertiary/aromatic N) is 4. The normalized spacial score (nSPS) is 14.1. The van der Waals surface area contributed by atoms with Gasteiger partial charge in [-0.05, 0) is 24.5 Å². The molecule has 0 bridgehead atoms. The fourth-order valence-corrected chi connectivity index (χ4v) is 2.49. The van der Waals surface area contributed by atoms with E-state index in [1.54, 1.807) is 13.3 Å². The Bertz CT molecular complexity index is 581. The summed E-state index contributed by atoms with van der Waals surface area (Å²) in [6.45, 7) is 2.54. The van der Waals surface area contributed by atoms with Crippen LogP contribution >= 0.6 is 0 Å². The number of pyridine rings is 1. The molecule has 0 aliphatic carbocycles. The van der Waals surface area contributed by atoms with Crippen LogP contribution in [0.3, 0.4) is 0 Å². The number of aryl methyl sites for hydroxylation is 1. The SMILES string of the molecule is COc1cc(CNCc2nnc3n2CCCC3)ccn1. The number of aromatic nitrogens is 4. The second kappa shape index (κ2) is 6.00. The molecule has 0 aromatic carbocycles. The summed E-state index contributed by atoms with van der Waals surface area (Å²) in [5.74, 6) is 2.79. The molecule has 0 amide bonds. The molecule has 2 aromatic heterocycles. The molecule has 2 aromatic rings. The van der Waals surface area contributed by atoms with Crippen LogP contribution in [0.5, 0.6) is 5.88 Å². The number of rotatable bonds is 5. The van der Waals surface area contributed by atoms with E-state index >= 15 is 0 Å². The fourth-order valence-electron chi connectivity index (χ4n) is 2.49. The molecule has 1 aliphatic rings. The van der Waals surface area contributed by atoms with Gasteiger partial charge in [-0.15, -0.1) is 10.2 Å². The smallest absolute Gasteiger partial charge is 0.213 e. The van der Waals surface area contributed by atoms with Gasteiger partial charge in [-0.1, -0.05) is 0 Å². The topological polar surface area (TPSA) is 64.9 Å². The lowest BCUT2D eigenvalue weighted by Gasteiger charge is -2.14. The molecular weight excluding hydrogens is 254 g/mol. The van der Waals surface area contributed by atoms with Gasteiger partial charge in [0, 0.05) is 31.8 Å². The molecule has 6 heteroatoms. The minimum atomic E-state index is 0.643. The van der Waals surface area contributed by atoms with Crippen molar-refractivity contribution in [3.8, 4) is 5.88 Å². The predicted molar refractivity (Wildman–Crippen MR) is 74.3 cm³/mol. The quantitative estimate of drug-likeness (QED) is 0.889. The Hall–Kier alpha value is -1.95. The monoisotopic (exact) mass is 273 g/mol. The standard InChI is InChI=1S/C14H19N5O/c1-20-14-8-11(5-6-16-14)9-15-10-13-18-17-12-4-2-3-7-19(12)13/h5-6,8,15H,2-4,7,9-10H2,1H3. The maximum atomic E-state index is 5.12. The minimum absolute atomic E-state index is 0.643. The van der Waals surface area contributed by atoms with Gasteiger partial charge < -0.3 is 14.6 Å². The Kier molecular flexibility index (Phi) is 3.92. The Labute approximate surface area is 118 Å². The molecule has 3 heterocycles. The number of nitrogens with one attached hydrogen (secondary N) is 1. The molecule has 1 N–H and O–H groups in total. The van der Waals surface area contributed by atoms with Crippen LogP contribution in [0.2, 0.25) is 0 Å². The van der Waals surface area contributed by atoms with E-state index in [9.17, 15) is 0 Å². The van der Waals surface area contributed by atoms with Crippen LogP contribution in [-0.4, -0.2) is 26.9 Å². The maximum absolute atomic E-state index is 5.12. The van der Waals surface area contributed by atoms with Gasteiger partial charge in [0.2, 0.25) is 5.88 Å². The van der Waals surface area contributed by atoms with Crippen LogP contribution < -0.4 is 10.1 Å². The van der Waals surface area contributed by atoms with Crippen molar-refractivity contribution in [2.45, 2.75) is 38.9 Å². The largest absolute Gasteiger partial charge is 0.481 e. The van der Waals surface area contributed by atoms with E-state index in [2.05, 4.69) is 25.1 Å². The summed E-state index contributed by atoms with van der Waals surface area (Å²) in [6, 6.07) is 3.92. The average Bonchev–Trinajstić information content (AvgIpc) is 2.91. The van der Waals surface area contributed by atoms with Crippen LogP contribution in [-0.2, 0) is 26.1 Å². The third-order valence-corrected chi connectivity index (χ3v) is 3.56. The summed E-state index contributed by atoms with van der Waals surface area (Å²) in [5.41, 5.74) is 1.15. The van der Waals surface area contributed by atoms with E-state index in [1.165, 1.54) is 12.8 Å². The molecule has 6 nitrogen and oxygen atoms in total. The minimum Gasteiger partial charge on any atom is -0.481 e. The van der Waals surface area contributed by atoms with Gasteiger partial charge in [0.25, 0.3) is 0 Å². The summed E-state index contributed by atoms with van der Waals surface area (Å²) in [5, 5.41) is 11.9. The van der Waals surface area contributed by atoms with Crippen molar-refractivity contribution in [2.24, 2.45) is 0 Å². The highest BCUT2D eigenvalue weighted by atomic mass is 16.5. The van der Waals surface area contributed by atoms with E-state index < -0.39 is 0 Å². The van der Waals surface area contributed by atoms with Crippen molar-refractivity contribution in [3.63, 3.8) is 0 Å². The number of ether oxygens (including phenoxy) is 1. The van der Waals surface area contributed by atoms with E-state index in [4.69, 9.17) is 4.74 Å². The molecule has 20 heavy (non-hydrogen) atoms. The first-order valence-electron chi connectivity index (χ1n) is 6.97. The van der Waals surface area contributed by atoms with Gasteiger partial charge in [0.15, 0.2) is 0 Å². The number of hydrogen-bond acceptors (Lipinski definition) is 5. The highest BCUT2D eigenvalue weighted by molar-refractivity contribution is 5.20. The Morgan fingerprint density at radius 1 is 1.30 bits per heavy atom. The summed E-state index contributed by atoms with van der Waals surface area (Å²) < 4.78 is 7.36. The van der Waals surface area contributed by atoms with Gasteiger partial charge in [0.05, 0.1) is 13.7 Å². The molecular formula is C14H19N5O. The highest BCUT2D eigenvalue weighted by Crippen LogP contribution is 2.14. The molecule has 0 radical (unpaired) electrons. The van der Waals surface area contributed by atoms with Gasteiger partial charge in [-0.3, -0.25) is 0 Å². The molecule has 0 saturated carbocycles. The summed E-state index contributed by atoms with van der Waals surface area (Å²) >= 11 is 0. The highest BCUT2D eigenvalue weighted by Gasteiger charge is 2.14. The van der Waals surface area contributed by atoms with E-state index in [0.717, 1.165) is 43.3 Å². The van der Waals surface area contributed by atoms with Gasteiger partial charge >= 0.3 is 0 Å². The number of fused-ring (bicyclic) bond motifs is 1. The molecule has 0 atom stereocenters. The first-order chi connectivity index (χ1) is 9.86. The van der Waals surface area contributed by atoms with E-state index in [-0.39, 0.29) is 0 Å². The lowest BCUT2D eigenvalue weighted by Crippen LogP contribution is -2.19. The lowest BCUT2D eigenvalue weighted by atomic mass is 10.2. The number of methoxy groups -OCH3 is 1. The van der Waals surface area contributed by atoms with Crippen molar-refractivity contribution in [2.75, 3.05) is 7.11 Å². The van der Waals surface area contributed by atoms with Gasteiger partial charge in [0.1, 0.15) is 11.6 Å². The Balaban J connectivity index is 1.58. The van der Waals surface area contributed by atoms with Crippen LogP contribution in [0.25, 0.3) is 0 Å². The van der Waals surface area contributed by atoms with Crippen molar-refractivity contribution < 1.29 is 4.74 Å². The summed E-state index contributed by atoms with van der Waals surface area (Å²) in [7, 11) is 1.63. The van der Waals surface area contributed by atoms with Crippen molar-refractivity contribution in [1.29, 1.82) is 0 Å². The first kappa shape index (κ1) is 13.1. The zero-order chi connectivity index (χ0) is 13.8. The molecule has 1 aliphatic heterocycles. The van der Waals surface area contributed by atoms with Gasteiger partial charge in [-0.25, -0.2) is 4.98 Å². The summed E-state index contributed by atoms with van der Waals surface area (Å²) in [4.78, 5) is 4.10. The van der Waals surface area contributed by atoms with E-state index in [0.29, 0.717) is 5.88 Å². The van der Waals surface area contributed by atoms with E-state index in [1.807, 2.05) is 12.1 Å². The average molecular weight is 273 g/mol. The van der Waals surface area contributed by atoms with Crippen LogP contribution in [0, 0.1) is 0 Å². The van der Waals surface area contributed by atoms with Crippen LogP contribution in [0.1, 0.15) is 30.1 Å². The van der Waals surface area contributed by atoms with Crippen molar-refractivity contribution >= 4 is 0 Å². The zero-order valence-electron chi connectivity index (χ0n) is 11.7. The van der Waals surface area contributed by atoms with Gasteiger partial charge in [-0.2, -0.15) is 0 Å². The molecule has 106 valence electrons. The van der Waals surface area contributed by atoms with Crippen molar-refractivity contribution in [1.82, 2.24) is 25.1 Å². The number of hydrogen-bond donors (Lipinski definition) is 1. The molecule has 0 unspecified atom stereocenters. The molecule has 0 fully saturated rings. The zero-order valence-corrected chi connectivity index (χ0v) is 11.7. The first-order valence-corrected chi connectivity index (χ1v) is 6.97. The molecule has 3 rings (SSSR count). The fraction of sp³-hybridized carbons (Fsp3) is 0.500. The predicted octanol–water partition coefficient (Wildman–Crippen LogP) is 1.31. The second-order valence-corrected chi connectivity index (χ2v) is 4.95. The molecule has 0 spiro atoms. The molecule has 0 saturated heterocycles. The van der Waals surface area contributed by atoms with Crippen molar-refractivity contribution in [3.05, 3.63) is 35.5 Å². The maximum Gasteiger partial charge on any atom is 0.213 e.